The number of carbonyl (C=O) groups excluding carboxylic acids is 1. The molecular weight excluding hydrogens is 352 g/mol. The number of halogens is 1. The van der Waals surface area contributed by atoms with Crippen LogP contribution >= 0.6 is 11.6 Å². The minimum atomic E-state index is -0.219. The van der Waals surface area contributed by atoms with E-state index in [1.807, 2.05) is 37.3 Å². The lowest BCUT2D eigenvalue weighted by molar-refractivity contribution is -0.114. The van der Waals surface area contributed by atoms with Gasteiger partial charge >= 0.3 is 0 Å². The number of nitrogens with zero attached hydrogens (tertiary/aromatic N) is 2. The van der Waals surface area contributed by atoms with E-state index in [0.717, 1.165) is 5.56 Å². The van der Waals surface area contributed by atoms with Gasteiger partial charge in [0.25, 0.3) is 5.91 Å². The first-order valence-electron chi connectivity index (χ1n) is 8.22. The molecule has 6 heteroatoms. The second-order valence-electron chi connectivity index (χ2n) is 5.66. The molecule has 0 aromatic heterocycles. The number of amides is 1. The van der Waals surface area contributed by atoms with Crippen LogP contribution in [0.2, 0.25) is 5.02 Å². The van der Waals surface area contributed by atoms with Crippen molar-refractivity contribution in [1.29, 1.82) is 0 Å². The molecule has 1 aliphatic rings. The molecule has 0 fully saturated rings. The Bertz CT molecular complexity index is 906. The fraction of sp³-hybridized carbons (Fsp3) is 0.200. The van der Waals surface area contributed by atoms with Gasteiger partial charge in [0.05, 0.1) is 35.7 Å². The zero-order valence-electron chi connectivity index (χ0n) is 14.8. The molecule has 0 unspecified atom stereocenters. The van der Waals surface area contributed by atoms with Crippen LogP contribution in [0.5, 0.6) is 11.5 Å². The van der Waals surface area contributed by atoms with Gasteiger partial charge in [0.1, 0.15) is 0 Å². The number of rotatable bonds is 5. The number of methoxy groups -OCH3 is 1. The SMILES string of the molecule is CCOc1ccc(C=C2C(=O)N(c3ccccc3Cl)N=C2C)cc1OC. The van der Waals surface area contributed by atoms with E-state index in [0.29, 0.717) is 40.1 Å². The fourth-order valence-electron chi connectivity index (χ4n) is 2.69. The summed E-state index contributed by atoms with van der Waals surface area (Å²) in [6.45, 7) is 4.26. The second kappa shape index (κ2) is 7.62. The van der Waals surface area contributed by atoms with Crippen LogP contribution in [0.3, 0.4) is 0 Å². The molecule has 0 atom stereocenters. The summed E-state index contributed by atoms with van der Waals surface area (Å²) in [5.41, 5.74) is 2.52. The van der Waals surface area contributed by atoms with Gasteiger partial charge in [-0.05, 0) is 49.8 Å². The lowest BCUT2D eigenvalue weighted by atomic mass is 10.1. The van der Waals surface area contributed by atoms with E-state index in [1.165, 1.54) is 5.01 Å². The molecule has 1 heterocycles. The monoisotopic (exact) mass is 370 g/mol. The van der Waals surface area contributed by atoms with Crippen LogP contribution in [0, 0.1) is 0 Å². The summed E-state index contributed by atoms with van der Waals surface area (Å²) in [5, 5.41) is 6.16. The van der Waals surface area contributed by atoms with Gasteiger partial charge in [0, 0.05) is 0 Å². The van der Waals surface area contributed by atoms with Gasteiger partial charge < -0.3 is 9.47 Å². The molecule has 0 aliphatic carbocycles. The fourth-order valence-corrected chi connectivity index (χ4v) is 2.90. The molecule has 2 aromatic rings. The van der Waals surface area contributed by atoms with Gasteiger partial charge in [-0.25, -0.2) is 0 Å². The van der Waals surface area contributed by atoms with E-state index in [4.69, 9.17) is 21.1 Å². The van der Waals surface area contributed by atoms with Gasteiger partial charge in [0.2, 0.25) is 0 Å². The van der Waals surface area contributed by atoms with Crippen molar-refractivity contribution in [2.45, 2.75) is 13.8 Å². The van der Waals surface area contributed by atoms with E-state index >= 15 is 0 Å². The largest absolute Gasteiger partial charge is 0.493 e. The molecule has 2 aromatic carbocycles. The van der Waals surface area contributed by atoms with Crippen LogP contribution in [0.4, 0.5) is 5.69 Å². The standard InChI is InChI=1S/C20H19ClN2O3/c1-4-26-18-10-9-14(12-19(18)25-3)11-15-13(2)22-23(20(15)24)17-8-6-5-7-16(17)21/h5-12H,4H2,1-3H3. The maximum Gasteiger partial charge on any atom is 0.280 e. The molecule has 1 amide bonds. The summed E-state index contributed by atoms with van der Waals surface area (Å²) in [6, 6.07) is 12.7. The minimum Gasteiger partial charge on any atom is -0.493 e. The van der Waals surface area contributed by atoms with E-state index in [2.05, 4.69) is 5.10 Å². The molecular formula is C20H19ClN2O3. The smallest absolute Gasteiger partial charge is 0.280 e. The van der Waals surface area contributed by atoms with Gasteiger partial charge in [-0.3, -0.25) is 4.79 Å². The lowest BCUT2D eigenvalue weighted by Crippen LogP contribution is -2.21. The third-order valence-electron chi connectivity index (χ3n) is 3.94. The van der Waals surface area contributed by atoms with Crippen molar-refractivity contribution >= 4 is 35.0 Å². The van der Waals surface area contributed by atoms with Crippen LogP contribution in [0.15, 0.2) is 53.1 Å². The average Bonchev–Trinajstić information content (AvgIpc) is 2.91. The Labute approximate surface area is 157 Å². The summed E-state index contributed by atoms with van der Waals surface area (Å²) >= 11 is 6.20. The van der Waals surface area contributed by atoms with Crippen molar-refractivity contribution in [3.05, 3.63) is 58.6 Å². The Morgan fingerprint density at radius 3 is 2.65 bits per heavy atom. The number of benzene rings is 2. The Balaban J connectivity index is 1.94. The summed E-state index contributed by atoms with van der Waals surface area (Å²) < 4.78 is 10.9. The van der Waals surface area contributed by atoms with Crippen molar-refractivity contribution < 1.29 is 14.3 Å². The number of carbonyl (C=O) groups is 1. The Hall–Kier alpha value is -2.79. The van der Waals surface area contributed by atoms with Crippen molar-refractivity contribution in [3.63, 3.8) is 0 Å². The molecule has 5 nitrogen and oxygen atoms in total. The third kappa shape index (κ3) is 3.44. The van der Waals surface area contributed by atoms with Crippen molar-refractivity contribution in [1.82, 2.24) is 0 Å². The van der Waals surface area contributed by atoms with E-state index < -0.39 is 0 Å². The van der Waals surface area contributed by atoms with Crippen molar-refractivity contribution in [2.75, 3.05) is 18.7 Å². The van der Waals surface area contributed by atoms with Gasteiger partial charge in [-0.2, -0.15) is 10.1 Å². The van der Waals surface area contributed by atoms with Crippen LogP contribution < -0.4 is 14.5 Å². The van der Waals surface area contributed by atoms with Gasteiger partial charge in [-0.15, -0.1) is 0 Å². The topological polar surface area (TPSA) is 51.1 Å². The highest BCUT2D eigenvalue weighted by atomic mass is 35.5. The molecule has 0 spiro atoms. The minimum absolute atomic E-state index is 0.219. The number of hydrogen-bond donors (Lipinski definition) is 0. The van der Waals surface area contributed by atoms with Gasteiger partial charge in [-0.1, -0.05) is 29.8 Å². The molecule has 0 saturated heterocycles. The molecule has 134 valence electrons. The maximum atomic E-state index is 12.8. The number of hydrazone groups is 1. The Morgan fingerprint density at radius 1 is 1.19 bits per heavy atom. The highest BCUT2D eigenvalue weighted by Crippen LogP contribution is 2.32. The predicted octanol–water partition coefficient (Wildman–Crippen LogP) is 4.55. The first kappa shape index (κ1) is 18.0. The zero-order chi connectivity index (χ0) is 18.7. The molecule has 0 saturated carbocycles. The summed E-state index contributed by atoms with van der Waals surface area (Å²) in [7, 11) is 1.58. The average molecular weight is 371 g/mol. The second-order valence-corrected chi connectivity index (χ2v) is 6.06. The first-order chi connectivity index (χ1) is 12.5. The third-order valence-corrected chi connectivity index (χ3v) is 4.26. The van der Waals surface area contributed by atoms with Crippen LogP contribution in [0.25, 0.3) is 6.08 Å². The normalized spacial score (nSPS) is 15.4. The molecule has 0 radical (unpaired) electrons. The van der Waals surface area contributed by atoms with E-state index in [-0.39, 0.29) is 5.91 Å². The highest BCUT2D eigenvalue weighted by molar-refractivity contribution is 6.37. The summed E-state index contributed by atoms with van der Waals surface area (Å²) in [6.07, 6.45) is 1.79. The molecule has 0 bridgehead atoms. The van der Waals surface area contributed by atoms with Crippen LogP contribution in [0.1, 0.15) is 19.4 Å². The van der Waals surface area contributed by atoms with E-state index in [9.17, 15) is 4.79 Å². The lowest BCUT2D eigenvalue weighted by Gasteiger charge is -2.13. The summed E-state index contributed by atoms with van der Waals surface area (Å²) in [4.78, 5) is 12.8. The van der Waals surface area contributed by atoms with E-state index in [1.54, 1.807) is 32.2 Å². The highest BCUT2D eigenvalue weighted by Gasteiger charge is 2.29. The van der Waals surface area contributed by atoms with Crippen molar-refractivity contribution in [3.8, 4) is 11.5 Å². The molecule has 0 N–H and O–H groups in total. The van der Waals surface area contributed by atoms with Gasteiger partial charge in [0.15, 0.2) is 11.5 Å². The Kier molecular flexibility index (Phi) is 5.28. The maximum absolute atomic E-state index is 12.8. The molecule has 1 aliphatic heterocycles. The number of anilines is 1. The van der Waals surface area contributed by atoms with Crippen LogP contribution in [-0.4, -0.2) is 25.3 Å². The van der Waals surface area contributed by atoms with Crippen molar-refractivity contribution in [2.24, 2.45) is 5.10 Å². The number of para-hydroxylation sites is 1. The quantitative estimate of drug-likeness (QED) is 0.725. The summed E-state index contributed by atoms with van der Waals surface area (Å²) in [5.74, 6) is 1.06. The zero-order valence-corrected chi connectivity index (χ0v) is 15.6. The molecule has 26 heavy (non-hydrogen) atoms. The number of hydrogen-bond acceptors (Lipinski definition) is 4. The Morgan fingerprint density at radius 2 is 1.96 bits per heavy atom. The van der Waals surface area contributed by atoms with Crippen LogP contribution in [-0.2, 0) is 4.79 Å². The first-order valence-corrected chi connectivity index (χ1v) is 8.60. The predicted molar refractivity (Wildman–Crippen MR) is 104 cm³/mol. The number of ether oxygens (including phenoxy) is 2. The molecule has 3 rings (SSSR count).